The van der Waals surface area contributed by atoms with Crippen molar-refractivity contribution in [2.45, 2.75) is 25.9 Å². The molecule has 0 spiro atoms. The fraction of sp³-hybridized carbons (Fsp3) is 0.400. The highest BCUT2D eigenvalue weighted by atomic mass is 35.5. The minimum Gasteiger partial charge on any atom is -0.463 e. The largest absolute Gasteiger partial charge is 0.463 e. The molecule has 1 aliphatic heterocycles. The molecule has 1 aliphatic rings. The summed E-state index contributed by atoms with van der Waals surface area (Å²) in [6, 6.07) is 7.42. The van der Waals surface area contributed by atoms with Gasteiger partial charge >= 0.3 is 5.97 Å². The molecule has 1 unspecified atom stereocenters. The van der Waals surface area contributed by atoms with Crippen molar-refractivity contribution in [1.29, 1.82) is 0 Å². The Kier molecular flexibility index (Phi) is 5.00. The molecule has 0 bridgehead atoms. The first-order chi connectivity index (χ1) is 9.20. The van der Waals surface area contributed by atoms with E-state index in [1.54, 1.807) is 6.92 Å². The Morgan fingerprint density at radius 2 is 2.21 bits per heavy atom. The van der Waals surface area contributed by atoms with Crippen LogP contribution in [0.15, 0.2) is 30.3 Å². The number of esters is 1. The van der Waals surface area contributed by atoms with E-state index in [0.29, 0.717) is 11.6 Å². The van der Waals surface area contributed by atoms with Crippen LogP contribution in [-0.4, -0.2) is 25.3 Å². The molecule has 2 rings (SSSR count). The lowest BCUT2D eigenvalue weighted by Crippen LogP contribution is -2.11. The van der Waals surface area contributed by atoms with Gasteiger partial charge in [0.15, 0.2) is 0 Å². The van der Waals surface area contributed by atoms with Gasteiger partial charge in [-0.25, -0.2) is 4.79 Å². The molecule has 19 heavy (non-hydrogen) atoms. The summed E-state index contributed by atoms with van der Waals surface area (Å²) in [5, 5.41) is 0.673. The second kappa shape index (κ2) is 6.73. The number of halogens is 1. The Morgan fingerprint density at radius 1 is 1.47 bits per heavy atom. The van der Waals surface area contributed by atoms with Crippen molar-refractivity contribution < 1.29 is 14.3 Å². The van der Waals surface area contributed by atoms with E-state index in [1.165, 1.54) is 6.08 Å². The monoisotopic (exact) mass is 280 g/mol. The molecular weight excluding hydrogens is 264 g/mol. The molecule has 3 nitrogen and oxygen atoms in total. The van der Waals surface area contributed by atoms with Gasteiger partial charge in [-0.05, 0) is 43.0 Å². The van der Waals surface area contributed by atoms with Crippen LogP contribution in [0.25, 0.3) is 5.57 Å². The van der Waals surface area contributed by atoms with Crippen molar-refractivity contribution in [3.05, 3.63) is 40.9 Å². The maximum absolute atomic E-state index is 11.7. The fourth-order valence-electron chi connectivity index (χ4n) is 2.14. The summed E-state index contributed by atoms with van der Waals surface area (Å²) in [5.74, 6) is -0.331. The van der Waals surface area contributed by atoms with Crippen LogP contribution in [0, 0.1) is 0 Å². The lowest BCUT2D eigenvalue weighted by atomic mass is 9.98. The topological polar surface area (TPSA) is 35.5 Å². The number of rotatable bonds is 4. The van der Waals surface area contributed by atoms with Crippen LogP contribution in [0.4, 0.5) is 0 Å². The minimum absolute atomic E-state index is 0.0365. The van der Waals surface area contributed by atoms with Crippen LogP contribution >= 0.6 is 11.6 Å². The van der Waals surface area contributed by atoms with Crippen LogP contribution in [-0.2, 0) is 14.3 Å². The Balaban J connectivity index is 2.27. The molecule has 1 aromatic rings. The van der Waals surface area contributed by atoms with Crippen LogP contribution < -0.4 is 0 Å². The van der Waals surface area contributed by atoms with Gasteiger partial charge in [-0.2, -0.15) is 0 Å². The second-order valence-electron chi connectivity index (χ2n) is 4.36. The summed E-state index contributed by atoms with van der Waals surface area (Å²) < 4.78 is 10.6. The predicted molar refractivity (Wildman–Crippen MR) is 75.0 cm³/mol. The van der Waals surface area contributed by atoms with Crippen LogP contribution in [0.3, 0.4) is 0 Å². The number of hydrogen-bond donors (Lipinski definition) is 0. The summed E-state index contributed by atoms with van der Waals surface area (Å²) >= 11 is 5.89. The predicted octanol–water partition coefficient (Wildman–Crippen LogP) is 3.47. The number of hydrogen-bond acceptors (Lipinski definition) is 3. The molecule has 1 aromatic carbocycles. The first-order valence-electron chi connectivity index (χ1n) is 6.46. The van der Waals surface area contributed by atoms with Crippen LogP contribution in [0.2, 0.25) is 5.02 Å². The molecule has 102 valence electrons. The summed E-state index contributed by atoms with van der Waals surface area (Å²) in [5.41, 5.74) is 1.82. The normalized spacial score (nSPS) is 19.5. The van der Waals surface area contributed by atoms with Gasteiger partial charge in [0.25, 0.3) is 0 Å². The molecular formula is C15H17ClO3. The molecule has 1 atom stereocenters. The summed E-state index contributed by atoms with van der Waals surface area (Å²) in [4.78, 5) is 11.7. The number of ether oxygens (including phenoxy) is 2. The standard InChI is InChI=1S/C15H17ClO3/c1-2-18-15(17)10-13(14-4-3-9-19-14)11-5-7-12(16)8-6-11/h5-8,10,14H,2-4,9H2,1H3/b13-10-. The van der Waals surface area contributed by atoms with E-state index >= 15 is 0 Å². The van der Waals surface area contributed by atoms with Gasteiger partial charge in [0.1, 0.15) is 0 Å². The first-order valence-corrected chi connectivity index (χ1v) is 6.84. The average molecular weight is 281 g/mol. The molecule has 0 N–H and O–H groups in total. The van der Waals surface area contributed by atoms with Crippen LogP contribution in [0.1, 0.15) is 25.3 Å². The number of carbonyl (C=O) groups is 1. The Labute approximate surface area is 118 Å². The number of benzene rings is 1. The minimum atomic E-state index is -0.331. The maximum Gasteiger partial charge on any atom is 0.331 e. The third kappa shape index (κ3) is 3.82. The molecule has 0 aliphatic carbocycles. The van der Waals surface area contributed by atoms with E-state index in [9.17, 15) is 4.79 Å². The van der Waals surface area contributed by atoms with Gasteiger partial charge < -0.3 is 9.47 Å². The molecule has 1 saturated heterocycles. The molecule has 4 heteroatoms. The lowest BCUT2D eigenvalue weighted by Gasteiger charge is -2.15. The third-order valence-electron chi connectivity index (χ3n) is 3.01. The van der Waals surface area contributed by atoms with Crippen molar-refractivity contribution in [1.82, 2.24) is 0 Å². The molecule has 1 fully saturated rings. The van der Waals surface area contributed by atoms with Gasteiger partial charge in [0, 0.05) is 17.7 Å². The SMILES string of the molecule is CCOC(=O)/C=C(/c1ccc(Cl)cc1)C1CCCO1. The Hall–Kier alpha value is -1.32. The van der Waals surface area contributed by atoms with Gasteiger partial charge in [0.05, 0.1) is 12.7 Å². The zero-order chi connectivity index (χ0) is 13.7. The van der Waals surface area contributed by atoms with E-state index in [0.717, 1.165) is 30.6 Å². The van der Waals surface area contributed by atoms with Crippen molar-refractivity contribution in [3.63, 3.8) is 0 Å². The fourth-order valence-corrected chi connectivity index (χ4v) is 2.26. The summed E-state index contributed by atoms with van der Waals surface area (Å²) in [6.07, 6.45) is 3.43. The molecule has 0 saturated carbocycles. The summed E-state index contributed by atoms with van der Waals surface area (Å²) in [6.45, 7) is 2.90. The first kappa shape index (κ1) is 14.1. The lowest BCUT2D eigenvalue weighted by molar-refractivity contribution is -0.137. The van der Waals surface area contributed by atoms with Crippen molar-refractivity contribution >= 4 is 23.1 Å². The van der Waals surface area contributed by atoms with Crippen molar-refractivity contribution in [3.8, 4) is 0 Å². The molecule has 1 heterocycles. The Bertz CT molecular complexity index is 459. The highest BCUT2D eigenvalue weighted by molar-refractivity contribution is 6.30. The van der Waals surface area contributed by atoms with Crippen molar-refractivity contribution in [2.75, 3.05) is 13.2 Å². The second-order valence-corrected chi connectivity index (χ2v) is 4.80. The Morgan fingerprint density at radius 3 is 2.79 bits per heavy atom. The van der Waals surface area contributed by atoms with Crippen LogP contribution in [0.5, 0.6) is 0 Å². The maximum atomic E-state index is 11.7. The molecule has 0 amide bonds. The number of carbonyl (C=O) groups excluding carboxylic acids is 1. The quantitative estimate of drug-likeness (QED) is 0.626. The van der Waals surface area contributed by atoms with Gasteiger partial charge in [-0.1, -0.05) is 23.7 Å². The highest BCUT2D eigenvalue weighted by Gasteiger charge is 2.22. The summed E-state index contributed by atoms with van der Waals surface area (Å²) in [7, 11) is 0. The van der Waals surface area contributed by atoms with E-state index in [1.807, 2.05) is 24.3 Å². The zero-order valence-corrected chi connectivity index (χ0v) is 11.7. The van der Waals surface area contributed by atoms with E-state index < -0.39 is 0 Å². The third-order valence-corrected chi connectivity index (χ3v) is 3.27. The van der Waals surface area contributed by atoms with Gasteiger partial charge in [-0.3, -0.25) is 0 Å². The molecule has 0 radical (unpaired) electrons. The zero-order valence-electron chi connectivity index (χ0n) is 10.9. The van der Waals surface area contributed by atoms with Gasteiger partial charge in [-0.15, -0.1) is 0 Å². The van der Waals surface area contributed by atoms with Crippen molar-refractivity contribution in [2.24, 2.45) is 0 Å². The van der Waals surface area contributed by atoms with Gasteiger partial charge in [0.2, 0.25) is 0 Å². The average Bonchev–Trinajstić information content (AvgIpc) is 2.91. The highest BCUT2D eigenvalue weighted by Crippen LogP contribution is 2.28. The van der Waals surface area contributed by atoms with E-state index in [-0.39, 0.29) is 12.1 Å². The molecule has 0 aromatic heterocycles. The van der Waals surface area contributed by atoms with E-state index in [2.05, 4.69) is 0 Å². The van der Waals surface area contributed by atoms with E-state index in [4.69, 9.17) is 21.1 Å². The smallest absolute Gasteiger partial charge is 0.331 e.